The third-order valence-corrected chi connectivity index (χ3v) is 6.04. The molecule has 2 aliphatic heterocycles. The number of nitrogen functional groups attached to an aromatic ring is 1. The highest BCUT2D eigenvalue weighted by molar-refractivity contribution is 7.47. The van der Waals surface area contributed by atoms with E-state index < -0.39 is 37.4 Å². The number of aromatic nitrogens is 4. The molecule has 4 heterocycles. The fraction of sp³-hybridized carbons (Fsp3) is 0.643. The van der Waals surface area contributed by atoms with Crippen LogP contribution in [0.15, 0.2) is 11.1 Å². The highest BCUT2D eigenvalue weighted by Gasteiger charge is 2.60. The van der Waals surface area contributed by atoms with E-state index >= 15 is 0 Å². The molecule has 0 aromatic carbocycles. The summed E-state index contributed by atoms with van der Waals surface area (Å²) in [5, 5.41) is 0. The maximum Gasteiger partial charge on any atom is 0.472 e. The number of hydrogen-bond acceptors (Lipinski definition) is 9. The molecule has 0 spiro atoms. The molecule has 5 atom stereocenters. The van der Waals surface area contributed by atoms with E-state index in [4.69, 9.17) is 19.7 Å². The fourth-order valence-corrected chi connectivity index (χ4v) is 4.40. The first-order valence-electron chi connectivity index (χ1n) is 8.39. The van der Waals surface area contributed by atoms with Crippen LogP contribution in [0.3, 0.4) is 0 Å². The van der Waals surface area contributed by atoms with Crippen LogP contribution >= 0.6 is 7.82 Å². The van der Waals surface area contributed by atoms with Gasteiger partial charge in [0, 0.05) is 13.5 Å². The zero-order valence-corrected chi connectivity index (χ0v) is 15.6. The minimum absolute atomic E-state index is 0.0617. The summed E-state index contributed by atoms with van der Waals surface area (Å²) in [5.74, 6) is -0.0617. The monoisotopic (exact) mass is 401 g/mol. The highest BCUT2D eigenvalue weighted by atomic mass is 31.2. The molecule has 2 unspecified atom stereocenters. The topological polar surface area (TPSA) is 164 Å². The summed E-state index contributed by atoms with van der Waals surface area (Å²) >= 11 is 0. The van der Waals surface area contributed by atoms with Gasteiger partial charge in [0.05, 0.1) is 12.9 Å². The molecule has 12 nitrogen and oxygen atoms in total. The maximum absolute atomic E-state index is 12.0. The minimum atomic E-state index is -4.27. The average Bonchev–Trinajstić information content (AvgIpc) is 3.09. The Morgan fingerprint density at radius 3 is 3.07 bits per heavy atom. The van der Waals surface area contributed by atoms with Gasteiger partial charge in [-0.1, -0.05) is 6.92 Å². The molecule has 2 bridgehead atoms. The van der Waals surface area contributed by atoms with Crippen LogP contribution in [0.5, 0.6) is 0 Å². The van der Waals surface area contributed by atoms with Crippen LogP contribution in [0.25, 0.3) is 11.2 Å². The van der Waals surface area contributed by atoms with Crippen molar-refractivity contribution in [1.29, 1.82) is 0 Å². The van der Waals surface area contributed by atoms with Crippen molar-refractivity contribution in [2.75, 3.05) is 19.5 Å². The molecule has 13 heteroatoms. The van der Waals surface area contributed by atoms with Gasteiger partial charge in [-0.3, -0.25) is 23.4 Å². The van der Waals surface area contributed by atoms with Gasteiger partial charge in [-0.25, -0.2) is 9.55 Å². The molecule has 27 heavy (non-hydrogen) atoms. The molecule has 148 valence electrons. The second-order valence-corrected chi connectivity index (χ2v) is 7.98. The molecular weight excluding hydrogens is 381 g/mol. The van der Waals surface area contributed by atoms with Crippen molar-refractivity contribution >= 4 is 24.9 Å². The number of nitrogens with one attached hydrogen (secondary N) is 1. The van der Waals surface area contributed by atoms with Gasteiger partial charge in [0.2, 0.25) is 5.95 Å². The van der Waals surface area contributed by atoms with E-state index in [0.29, 0.717) is 19.4 Å². The first kappa shape index (κ1) is 18.5. The van der Waals surface area contributed by atoms with Crippen molar-refractivity contribution in [3.05, 3.63) is 16.7 Å². The number of phosphoric ester groups is 1. The number of H-pyrrole nitrogens is 1. The number of nitrogens with two attached hydrogens (primary N) is 1. The number of phosphoric acid groups is 1. The van der Waals surface area contributed by atoms with Crippen LogP contribution in [-0.4, -0.2) is 55.9 Å². The van der Waals surface area contributed by atoms with Crippen molar-refractivity contribution in [1.82, 2.24) is 19.5 Å². The number of nitrogens with zero attached hydrogens (tertiary/aromatic N) is 3. The van der Waals surface area contributed by atoms with Gasteiger partial charge in [-0.2, -0.15) is 4.98 Å². The molecule has 2 fully saturated rings. The molecule has 2 aromatic rings. The van der Waals surface area contributed by atoms with E-state index in [-0.39, 0.29) is 17.1 Å². The van der Waals surface area contributed by atoms with Crippen LogP contribution in [0.1, 0.15) is 26.0 Å². The van der Waals surface area contributed by atoms with Crippen molar-refractivity contribution < 1.29 is 28.0 Å². The van der Waals surface area contributed by atoms with Gasteiger partial charge in [0.25, 0.3) is 5.56 Å². The van der Waals surface area contributed by atoms with E-state index in [1.807, 2.05) is 6.92 Å². The van der Waals surface area contributed by atoms with E-state index in [1.54, 1.807) is 0 Å². The summed E-state index contributed by atoms with van der Waals surface area (Å²) in [6, 6.07) is 0. The third-order valence-electron chi connectivity index (χ3n) is 5.09. The fourth-order valence-electron chi connectivity index (χ4n) is 3.71. The molecule has 0 aliphatic carbocycles. The summed E-state index contributed by atoms with van der Waals surface area (Å²) in [6.45, 7) is 2.28. The Morgan fingerprint density at radius 2 is 2.37 bits per heavy atom. The number of rotatable bonds is 5. The van der Waals surface area contributed by atoms with Crippen LogP contribution in [-0.2, 0) is 23.1 Å². The smallest absolute Gasteiger partial charge is 0.371 e. The standard InChI is InChI=1S/C14H20N5O7P/c1-3-14-4-5-24-8(9(14)26-27(21,22)23-2)12(25-14)19-6-16-7-10(19)17-13(15)18-11(7)20/h6,8-9,12H,3-5H2,1-2H3,(H,21,22)(H3,15,17,18,20)/t8-,9?,12+,14+/m0/s1. The zero-order valence-electron chi connectivity index (χ0n) is 14.7. The predicted molar refractivity (Wildman–Crippen MR) is 91.8 cm³/mol. The second kappa shape index (κ2) is 6.36. The molecule has 2 aliphatic rings. The van der Waals surface area contributed by atoms with Crippen LogP contribution < -0.4 is 11.3 Å². The van der Waals surface area contributed by atoms with E-state index in [9.17, 15) is 14.3 Å². The molecule has 4 rings (SSSR count). The van der Waals surface area contributed by atoms with Gasteiger partial charge < -0.3 is 20.1 Å². The molecule has 4 N–H and O–H groups in total. The first-order chi connectivity index (χ1) is 12.8. The Labute approximate surface area is 153 Å². The van der Waals surface area contributed by atoms with E-state index in [2.05, 4.69) is 19.5 Å². The summed E-state index contributed by atoms with van der Waals surface area (Å²) < 4.78 is 35.6. The SMILES string of the molecule is CC[C@@]12CCO[C@@H](C1OP(=O)(O)OC)[C@H](n1cnc3c(=O)[nH]c(N)nc31)O2. The van der Waals surface area contributed by atoms with Crippen molar-refractivity contribution in [3.63, 3.8) is 0 Å². The zero-order chi connectivity index (χ0) is 19.4. The van der Waals surface area contributed by atoms with Gasteiger partial charge in [0.1, 0.15) is 17.8 Å². The van der Waals surface area contributed by atoms with Crippen molar-refractivity contribution in [3.8, 4) is 0 Å². The number of aromatic amines is 1. The number of imidazole rings is 1. The lowest BCUT2D eigenvalue weighted by atomic mass is 9.87. The Morgan fingerprint density at radius 1 is 1.59 bits per heavy atom. The lowest BCUT2D eigenvalue weighted by Gasteiger charge is -2.37. The molecule has 2 aromatic heterocycles. The Bertz CT molecular complexity index is 976. The lowest BCUT2D eigenvalue weighted by molar-refractivity contribution is -0.120. The summed E-state index contributed by atoms with van der Waals surface area (Å²) in [4.78, 5) is 32.4. The average molecular weight is 401 g/mol. The number of fused-ring (bicyclic) bond motifs is 3. The Hall–Kier alpha value is -1.82. The quantitative estimate of drug-likeness (QED) is 0.594. The van der Waals surface area contributed by atoms with Gasteiger partial charge >= 0.3 is 7.82 Å². The largest absolute Gasteiger partial charge is 0.472 e. The van der Waals surface area contributed by atoms with Crippen LogP contribution in [0.4, 0.5) is 5.95 Å². The summed E-state index contributed by atoms with van der Waals surface area (Å²) in [7, 11) is -3.19. The second-order valence-electron chi connectivity index (χ2n) is 6.46. The Balaban J connectivity index is 1.79. The van der Waals surface area contributed by atoms with E-state index in [0.717, 1.165) is 7.11 Å². The lowest BCUT2D eigenvalue weighted by Crippen LogP contribution is -2.49. The van der Waals surface area contributed by atoms with Crippen molar-refractivity contribution in [2.45, 2.75) is 43.8 Å². The number of ether oxygens (including phenoxy) is 2. The molecular formula is C14H20N5O7P. The summed E-state index contributed by atoms with van der Waals surface area (Å²) in [6.07, 6.45) is 0.0285. The molecule has 0 saturated carbocycles. The molecule has 0 amide bonds. The third kappa shape index (κ3) is 2.89. The number of hydrogen-bond donors (Lipinski definition) is 3. The van der Waals surface area contributed by atoms with Gasteiger partial charge in [-0.05, 0) is 6.42 Å². The van der Waals surface area contributed by atoms with Crippen molar-refractivity contribution in [2.24, 2.45) is 0 Å². The van der Waals surface area contributed by atoms with Crippen LogP contribution in [0.2, 0.25) is 0 Å². The van der Waals surface area contributed by atoms with E-state index in [1.165, 1.54) is 10.9 Å². The van der Waals surface area contributed by atoms with Gasteiger partial charge in [0.15, 0.2) is 17.4 Å². The van der Waals surface area contributed by atoms with Gasteiger partial charge in [-0.15, -0.1) is 0 Å². The number of anilines is 1. The highest BCUT2D eigenvalue weighted by Crippen LogP contribution is 2.54. The van der Waals surface area contributed by atoms with Crippen LogP contribution in [0, 0.1) is 0 Å². The normalized spacial score (nSPS) is 32.6. The maximum atomic E-state index is 12.0. The summed E-state index contributed by atoms with van der Waals surface area (Å²) in [5.41, 5.74) is 4.64. The minimum Gasteiger partial charge on any atom is -0.371 e. The molecule has 0 radical (unpaired) electrons. The first-order valence-corrected chi connectivity index (χ1v) is 9.88. The predicted octanol–water partition coefficient (Wildman–Crippen LogP) is 0.300. The Kier molecular flexibility index (Phi) is 4.37. The molecule has 2 saturated heterocycles.